The van der Waals surface area contributed by atoms with Crippen LogP contribution < -0.4 is 5.73 Å². The highest BCUT2D eigenvalue weighted by molar-refractivity contribution is 4.88. The Balaban J connectivity index is 1.84. The number of ether oxygens (including phenoxy) is 1. The molecular weight excluding hydrogens is 212 g/mol. The molecule has 2 fully saturated rings. The zero-order chi connectivity index (χ0) is 12.3. The summed E-state index contributed by atoms with van der Waals surface area (Å²) in [6.07, 6.45) is 5.45. The topological polar surface area (TPSA) is 38.5 Å². The van der Waals surface area contributed by atoms with E-state index in [0.29, 0.717) is 11.5 Å². The summed E-state index contributed by atoms with van der Waals surface area (Å²) in [5.74, 6) is 0.752. The van der Waals surface area contributed by atoms with Crippen LogP contribution in [0.5, 0.6) is 0 Å². The van der Waals surface area contributed by atoms with Gasteiger partial charge in [0.1, 0.15) is 0 Å². The van der Waals surface area contributed by atoms with Gasteiger partial charge in [-0.1, -0.05) is 13.8 Å². The van der Waals surface area contributed by atoms with Crippen LogP contribution in [0.25, 0.3) is 0 Å². The molecular formula is C14H28N2O. The third kappa shape index (κ3) is 3.43. The van der Waals surface area contributed by atoms with Gasteiger partial charge in [-0.25, -0.2) is 0 Å². The van der Waals surface area contributed by atoms with Crippen LogP contribution in [0.4, 0.5) is 0 Å². The van der Waals surface area contributed by atoms with Crippen molar-refractivity contribution < 1.29 is 4.74 Å². The van der Waals surface area contributed by atoms with Crippen molar-refractivity contribution in [3.63, 3.8) is 0 Å². The summed E-state index contributed by atoms with van der Waals surface area (Å²) < 4.78 is 5.74. The highest BCUT2D eigenvalue weighted by Gasteiger charge is 2.35. The molecule has 17 heavy (non-hydrogen) atoms. The van der Waals surface area contributed by atoms with Crippen LogP contribution in [0, 0.1) is 11.3 Å². The van der Waals surface area contributed by atoms with Crippen molar-refractivity contribution in [3.05, 3.63) is 0 Å². The molecule has 0 aromatic heterocycles. The van der Waals surface area contributed by atoms with Crippen LogP contribution in [0.3, 0.4) is 0 Å². The summed E-state index contributed by atoms with van der Waals surface area (Å²) in [5.41, 5.74) is 6.21. The van der Waals surface area contributed by atoms with E-state index in [9.17, 15) is 0 Å². The number of piperidine rings is 1. The van der Waals surface area contributed by atoms with Gasteiger partial charge >= 0.3 is 0 Å². The van der Waals surface area contributed by atoms with E-state index < -0.39 is 0 Å². The van der Waals surface area contributed by atoms with Crippen LogP contribution in [-0.2, 0) is 4.74 Å². The zero-order valence-electron chi connectivity index (χ0n) is 11.5. The van der Waals surface area contributed by atoms with Gasteiger partial charge in [0.25, 0.3) is 0 Å². The average Bonchev–Trinajstić information content (AvgIpc) is 2.76. The molecule has 0 amide bonds. The standard InChI is InChI=1S/C14H28N2O/c1-14(2)6-8-16(10-12(14)5-7-15)11-13-4-3-9-17-13/h12-13H,3-11,15H2,1-2H3. The smallest absolute Gasteiger partial charge is 0.0702 e. The van der Waals surface area contributed by atoms with Gasteiger partial charge in [0.2, 0.25) is 0 Å². The molecule has 0 aromatic rings. The van der Waals surface area contributed by atoms with Crippen LogP contribution in [0.15, 0.2) is 0 Å². The number of rotatable bonds is 4. The van der Waals surface area contributed by atoms with Crippen LogP contribution in [-0.4, -0.2) is 43.8 Å². The molecule has 0 aromatic carbocycles. The molecule has 0 saturated carbocycles. The van der Waals surface area contributed by atoms with Crippen molar-refractivity contribution in [2.45, 2.75) is 45.6 Å². The average molecular weight is 240 g/mol. The Morgan fingerprint density at radius 2 is 2.24 bits per heavy atom. The Bertz CT molecular complexity index is 236. The van der Waals surface area contributed by atoms with Crippen LogP contribution in [0.1, 0.15) is 39.5 Å². The first kappa shape index (κ1) is 13.3. The molecule has 2 heterocycles. The molecule has 0 aliphatic carbocycles. The Morgan fingerprint density at radius 1 is 1.41 bits per heavy atom. The van der Waals surface area contributed by atoms with E-state index in [0.717, 1.165) is 32.0 Å². The molecule has 3 heteroatoms. The second kappa shape index (κ2) is 5.68. The van der Waals surface area contributed by atoms with E-state index >= 15 is 0 Å². The second-order valence-electron chi connectivity index (χ2n) is 6.41. The molecule has 2 rings (SSSR count). The number of hydrogen-bond donors (Lipinski definition) is 1. The molecule has 0 bridgehead atoms. The summed E-state index contributed by atoms with van der Waals surface area (Å²) in [4.78, 5) is 2.60. The predicted molar refractivity (Wildman–Crippen MR) is 71.0 cm³/mol. The van der Waals surface area contributed by atoms with Crippen molar-refractivity contribution in [1.29, 1.82) is 0 Å². The van der Waals surface area contributed by atoms with Crippen LogP contribution >= 0.6 is 0 Å². The maximum Gasteiger partial charge on any atom is 0.0702 e. The SMILES string of the molecule is CC1(C)CCN(CC2CCCO2)CC1CCN. The van der Waals surface area contributed by atoms with Crippen molar-refractivity contribution in [1.82, 2.24) is 4.90 Å². The van der Waals surface area contributed by atoms with E-state index in [2.05, 4.69) is 18.7 Å². The number of nitrogens with two attached hydrogens (primary N) is 1. The van der Waals surface area contributed by atoms with Gasteiger partial charge in [-0.3, -0.25) is 0 Å². The Kier molecular flexibility index (Phi) is 4.45. The van der Waals surface area contributed by atoms with E-state index in [-0.39, 0.29) is 0 Å². The zero-order valence-corrected chi connectivity index (χ0v) is 11.5. The number of hydrogen-bond acceptors (Lipinski definition) is 3. The lowest BCUT2D eigenvalue weighted by Gasteiger charge is -2.44. The van der Waals surface area contributed by atoms with Gasteiger partial charge in [-0.2, -0.15) is 0 Å². The molecule has 100 valence electrons. The predicted octanol–water partition coefficient (Wildman–Crippen LogP) is 1.86. The van der Waals surface area contributed by atoms with Gasteiger partial charge in [0.15, 0.2) is 0 Å². The highest BCUT2D eigenvalue weighted by Crippen LogP contribution is 2.37. The number of likely N-dealkylation sites (tertiary alicyclic amines) is 1. The Labute approximate surface area is 106 Å². The second-order valence-corrected chi connectivity index (χ2v) is 6.41. The molecule has 2 unspecified atom stereocenters. The largest absolute Gasteiger partial charge is 0.377 e. The molecule has 2 aliphatic rings. The fraction of sp³-hybridized carbons (Fsp3) is 1.00. The maximum atomic E-state index is 5.75. The minimum absolute atomic E-state index is 0.465. The highest BCUT2D eigenvalue weighted by atomic mass is 16.5. The van der Waals surface area contributed by atoms with Crippen molar-refractivity contribution in [2.24, 2.45) is 17.1 Å². The van der Waals surface area contributed by atoms with Crippen LogP contribution in [0.2, 0.25) is 0 Å². The lowest BCUT2D eigenvalue weighted by Crippen LogP contribution is -2.47. The monoisotopic (exact) mass is 240 g/mol. The van der Waals surface area contributed by atoms with Gasteiger partial charge in [0.05, 0.1) is 6.10 Å². The fourth-order valence-electron chi connectivity index (χ4n) is 3.23. The normalized spacial score (nSPS) is 34.1. The van der Waals surface area contributed by atoms with Crippen molar-refractivity contribution in [3.8, 4) is 0 Å². The molecule has 0 radical (unpaired) electrons. The molecule has 2 N–H and O–H groups in total. The lowest BCUT2D eigenvalue weighted by atomic mass is 9.72. The Morgan fingerprint density at radius 3 is 2.88 bits per heavy atom. The minimum Gasteiger partial charge on any atom is -0.377 e. The maximum absolute atomic E-state index is 5.75. The van der Waals surface area contributed by atoms with E-state index in [1.165, 1.54) is 32.4 Å². The van der Waals surface area contributed by atoms with E-state index in [4.69, 9.17) is 10.5 Å². The van der Waals surface area contributed by atoms with Crippen molar-refractivity contribution >= 4 is 0 Å². The molecule has 2 atom stereocenters. The molecule has 3 nitrogen and oxygen atoms in total. The minimum atomic E-state index is 0.465. The first-order chi connectivity index (χ1) is 8.12. The summed E-state index contributed by atoms with van der Waals surface area (Å²) in [7, 11) is 0. The first-order valence-electron chi connectivity index (χ1n) is 7.16. The number of nitrogens with zero attached hydrogens (tertiary/aromatic N) is 1. The van der Waals surface area contributed by atoms with Crippen molar-refractivity contribution in [2.75, 3.05) is 32.8 Å². The summed E-state index contributed by atoms with van der Waals surface area (Å²) in [6, 6.07) is 0. The van der Waals surface area contributed by atoms with E-state index in [1.54, 1.807) is 0 Å². The van der Waals surface area contributed by atoms with E-state index in [1.807, 2.05) is 0 Å². The van der Waals surface area contributed by atoms with Gasteiger partial charge < -0.3 is 15.4 Å². The third-order valence-electron chi connectivity index (χ3n) is 4.66. The van der Waals surface area contributed by atoms with Gasteiger partial charge in [0, 0.05) is 19.7 Å². The fourth-order valence-corrected chi connectivity index (χ4v) is 3.23. The quantitative estimate of drug-likeness (QED) is 0.815. The Hall–Kier alpha value is -0.120. The summed E-state index contributed by atoms with van der Waals surface area (Å²) >= 11 is 0. The molecule has 2 aliphatic heterocycles. The lowest BCUT2D eigenvalue weighted by molar-refractivity contribution is 0.0159. The summed E-state index contributed by atoms with van der Waals surface area (Å²) in [6.45, 7) is 10.2. The van der Waals surface area contributed by atoms with Gasteiger partial charge in [-0.15, -0.1) is 0 Å². The molecule has 2 saturated heterocycles. The first-order valence-corrected chi connectivity index (χ1v) is 7.16. The molecule has 0 spiro atoms. The third-order valence-corrected chi connectivity index (χ3v) is 4.66. The van der Waals surface area contributed by atoms with Gasteiger partial charge in [-0.05, 0) is 50.1 Å². The summed E-state index contributed by atoms with van der Waals surface area (Å²) in [5, 5.41) is 0.